The van der Waals surface area contributed by atoms with E-state index in [1.54, 1.807) is 26.4 Å². The van der Waals surface area contributed by atoms with E-state index in [1.165, 1.54) is 0 Å². The van der Waals surface area contributed by atoms with Crippen molar-refractivity contribution in [2.24, 2.45) is 0 Å². The van der Waals surface area contributed by atoms with Gasteiger partial charge >= 0.3 is 0 Å². The number of aldehydes is 1. The zero-order valence-corrected chi connectivity index (χ0v) is 9.11. The van der Waals surface area contributed by atoms with Crippen molar-refractivity contribution in [3.05, 3.63) is 29.3 Å². The molecule has 0 saturated carbocycles. The first-order valence-electron chi connectivity index (χ1n) is 4.61. The molecular weight excluding hydrogens is 192 g/mol. The minimum absolute atomic E-state index is 0.584. The second-order valence-electron chi connectivity index (χ2n) is 2.92. The van der Waals surface area contributed by atoms with Crippen LogP contribution >= 0.6 is 0 Å². The number of methoxy groups -OCH3 is 2. The average molecular weight is 206 g/mol. The number of allylic oxidation sites excluding steroid dienone is 1. The molecule has 0 amide bonds. The summed E-state index contributed by atoms with van der Waals surface area (Å²) in [4.78, 5) is 10.8. The quantitative estimate of drug-likeness (QED) is 0.710. The highest BCUT2D eigenvalue weighted by Crippen LogP contribution is 2.33. The fraction of sp³-hybridized carbons (Fsp3) is 0.250. The molecule has 0 aromatic heterocycles. The second-order valence-corrected chi connectivity index (χ2v) is 2.92. The number of ether oxygens (including phenoxy) is 2. The standard InChI is InChI=1S/C12H14O3/c1-4-5-10-9(8-13)6-7-11(14-2)12(10)15-3/h4-8H,1-3H3. The molecule has 0 spiro atoms. The van der Waals surface area contributed by atoms with E-state index in [1.807, 2.05) is 19.1 Å². The molecule has 0 aliphatic rings. The van der Waals surface area contributed by atoms with E-state index >= 15 is 0 Å². The zero-order valence-electron chi connectivity index (χ0n) is 9.11. The van der Waals surface area contributed by atoms with Gasteiger partial charge in [-0.2, -0.15) is 0 Å². The van der Waals surface area contributed by atoms with E-state index in [0.717, 1.165) is 11.8 Å². The van der Waals surface area contributed by atoms with Gasteiger partial charge in [0, 0.05) is 11.1 Å². The Bertz CT molecular complexity index is 381. The third kappa shape index (κ3) is 2.18. The first-order chi connectivity index (χ1) is 7.28. The minimum Gasteiger partial charge on any atom is -0.493 e. The molecule has 0 aliphatic heterocycles. The molecule has 0 bridgehead atoms. The maximum Gasteiger partial charge on any atom is 0.168 e. The largest absolute Gasteiger partial charge is 0.493 e. The van der Waals surface area contributed by atoms with Crippen molar-refractivity contribution in [3.8, 4) is 11.5 Å². The highest BCUT2D eigenvalue weighted by Gasteiger charge is 2.11. The molecular formula is C12H14O3. The van der Waals surface area contributed by atoms with Gasteiger partial charge in [0.25, 0.3) is 0 Å². The fourth-order valence-corrected chi connectivity index (χ4v) is 1.41. The summed E-state index contributed by atoms with van der Waals surface area (Å²) < 4.78 is 10.4. The summed E-state index contributed by atoms with van der Waals surface area (Å²) in [6.45, 7) is 1.88. The molecule has 0 radical (unpaired) electrons. The summed E-state index contributed by atoms with van der Waals surface area (Å²) in [6.07, 6.45) is 4.48. The Kier molecular flexibility index (Phi) is 3.92. The lowest BCUT2D eigenvalue weighted by molar-refractivity contribution is 0.112. The van der Waals surface area contributed by atoms with Crippen LogP contribution in [0, 0.1) is 0 Å². The molecule has 0 atom stereocenters. The third-order valence-corrected chi connectivity index (χ3v) is 2.08. The predicted octanol–water partition coefficient (Wildman–Crippen LogP) is 2.55. The van der Waals surface area contributed by atoms with Gasteiger partial charge < -0.3 is 9.47 Å². The fourth-order valence-electron chi connectivity index (χ4n) is 1.41. The van der Waals surface area contributed by atoms with Gasteiger partial charge in [0.15, 0.2) is 17.8 Å². The van der Waals surface area contributed by atoms with Gasteiger partial charge in [0.1, 0.15) is 0 Å². The molecule has 0 N–H and O–H groups in total. The maximum atomic E-state index is 10.8. The molecule has 1 aromatic carbocycles. The molecule has 0 fully saturated rings. The summed E-state index contributed by atoms with van der Waals surface area (Å²) in [7, 11) is 3.12. The van der Waals surface area contributed by atoms with Crippen molar-refractivity contribution in [3.63, 3.8) is 0 Å². The first-order valence-corrected chi connectivity index (χ1v) is 4.61. The minimum atomic E-state index is 0.584. The van der Waals surface area contributed by atoms with E-state index in [2.05, 4.69) is 0 Å². The molecule has 1 rings (SSSR count). The second kappa shape index (κ2) is 5.20. The lowest BCUT2D eigenvalue weighted by atomic mass is 10.1. The molecule has 0 unspecified atom stereocenters. The van der Waals surface area contributed by atoms with Crippen LogP contribution < -0.4 is 9.47 Å². The Morgan fingerprint density at radius 3 is 2.40 bits per heavy atom. The normalized spacial score (nSPS) is 10.3. The molecule has 0 heterocycles. The van der Waals surface area contributed by atoms with Crippen LogP contribution in [0.4, 0.5) is 0 Å². The van der Waals surface area contributed by atoms with Crippen molar-refractivity contribution in [1.82, 2.24) is 0 Å². The van der Waals surface area contributed by atoms with Gasteiger partial charge in [-0.25, -0.2) is 0 Å². The Labute approximate surface area is 89.3 Å². The molecule has 15 heavy (non-hydrogen) atoms. The van der Waals surface area contributed by atoms with Crippen molar-refractivity contribution in [2.75, 3.05) is 14.2 Å². The van der Waals surface area contributed by atoms with Gasteiger partial charge in [-0.05, 0) is 19.1 Å². The molecule has 1 aromatic rings. The van der Waals surface area contributed by atoms with Gasteiger partial charge in [-0.15, -0.1) is 0 Å². The molecule has 0 saturated heterocycles. The van der Waals surface area contributed by atoms with Crippen LogP contribution in [0.15, 0.2) is 18.2 Å². The van der Waals surface area contributed by atoms with Gasteiger partial charge in [-0.3, -0.25) is 4.79 Å². The van der Waals surface area contributed by atoms with Crippen LogP contribution in [0.2, 0.25) is 0 Å². The molecule has 3 heteroatoms. The van der Waals surface area contributed by atoms with E-state index in [0.29, 0.717) is 17.1 Å². The van der Waals surface area contributed by atoms with Crippen molar-refractivity contribution >= 4 is 12.4 Å². The van der Waals surface area contributed by atoms with Crippen LogP contribution in [0.25, 0.3) is 6.08 Å². The topological polar surface area (TPSA) is 35.5 Å². The highest BCUT2D eigenvalue weighted by molar-refractivity contribution is 5.85. The van der Waals surface area contributed by atoms with Crippen LogP contribution in [0.5, 0.6) is 11.5 Å². The first kappa shape index (κ1) is 11.3. The summed E-state index contributed by atoms with van der Waals surface area (Å²) in [5.41, 5.74) is 1.33. The third-order valence-electron chi connectivity index (χ3n) is 2.08. The maximum absolute atomic E-state index is 10.8. The Morgan fingerprint density at radius 2 is 1.93 bits per heavy atom. The van der Waals surface area contributed by atoms with Crippen LogP contribution in [-0.2, 0) is 0 Å². The van der Waals surface area contributed by atoms with Gasteiger partial charge in [0.05, 0.1) is 14.2 Å². The van der Waals surface area contributed by atoms with Crippen molar-refractivity contribution < 1.29 is 14.3 Å². The van der Waals surface area contributed by atoms with Crippen molar-refractivity contribution in [2.45, 2.75) is 6.92 Å². The van der Waals surface area contributed by atoms with Gasteiger partial charge in [0.2, 0.25) is 0 Å². The number of carbonyl (C=O) groups is 1. The molecule has 3 nitrogen and oxygen atoms in total. The van der Waals surface area contributed by atoms with Crippen LogP contribution in [-0.4, -0.2) is 20.5 Å². The monoisotopic (exact) mass is 206 g/mol. The Hall–Kier alpha value is -1.77. The highest BCUT2D eigenvalue weighted by atomic mass is 16.5. The average Bonchev–Trinajstić information content (AvgIpc) is 2.28. The zero-order chi connectivity index (χ0) is 11.3. The number of hydrogen-bond donors (Lipinski definition) is 0. The lowest BCUT2D eigenvalue weighted by Gasteiger charge is -2.11. The Morgan fingerprint density at radius 1 is 1.20 bits per heavy atom. The lowest BCUT2D eigenvalue weighted by Crippen LogP contribution is -1.96. The van der Waals surface area contributed by atoms with E-state index in [4.69, 9.17) is 9.47 Å². The summed E-state index contributed by atoms with van der Waals surface area (Å²) in [5, 5.41) is 0. The van der Waals surface area contributed by atoms with Crippen LogP contribution in [0.1, 0.15) is 22.8 Å². The van der Waals surface area contributed by atoms with E-state index in [9.17, 15) is 4.79 Å². The van der Waals surface area contributed by atoms with E-state index < -0.39 is 0 Å². The molecule has 0 aliphatic carbocycles. The summed E-state index contributed by atoms with van der Waals surface area (Å²) in [6, 6.07) is 3.43. The predicted molar refractivity (Wildman–Crippen MR) is 59.6 cm³/mol. The Balaban J connectivity index is 3.43. The number of rotatable bonds is 4. The van der Waals surface area contributed by atoms with E-state index in [-0.39, 0.29) is 0 Å². The summed E-state index contributed by atoms with van der Waals surface area (Å²) >= 11 is 0. The summed E-state index contributed by atoms with van der Waals surface area (Å²) in [5.74, 6) is 1.21. The smallest absolute Gasteiger partial charge is 0.168 e. The number of hydrogen-bond acceptors (Lipinski definition) is 3. The van der Waals surface area contributed by atoms with Gasteiger partial charge in [-0.1, -0.05) is 12.2 Å². The van der Waals surface area contributed by atoms with Crippen molar-refractivity contribution in [1.29, 1.82) is 0 Å². The number of benzene rings is 1. The number of carbonyl (C=O) groups excluding carboxylic acids is 1. The van der Waals surface area contributed by atoms with Crippen LogP contribution in [0.3, 0.4) is 0 Å². The SMILES string of the molecule is CC=Cc1c(C=O)ccc(OC)c1OC. The molecule has 80 valence electrons.